The number of hydrogen-bond acceptors (Lipinski definition) is 4. The number of ketones is 1. The largest absolute Gasteiger partial charge is 0.493 e. The van der Waals surface area contributed by atoms with Crippen molar-refractivity contribution in [2.75, 3.05) is 26.4 Å². The highest BCUT2D eigenvalue weighted by molar-refractivity contribution is 9.10. The molecule has 1 fully saturated rings. The molecule has 1 saturated heterocycles. The fourth-order valence-electron chi connectivity index (χ4n) is 3.13. The molecular formula is C16H20BrNO3. The summed E-state index contributed by atoms with van der Waals surface area (Å²) in [5, 5.41) is 3.34. The molecule has 0 spiro atoms. The Bertz CT molecular complexity index is 547. The maximum absolute atomic E-state index is 12.6. The summed E-state index contributed by atoms with van der Waals surface area (Å²) < 4.78 is 12.2. The summed E-state index contributed by atoms with van der Waals surface area (Å²) in [6.45, 7) is 4.76. The molecule has 2 atom stereocenters. The van der Waals surface area contributed by atoms with Crippen LogP contribution in [-0.4, -0.2) is 38.2 Å². The first-order valence-electron chi connectivity index (χ1n) is 7.47. The fourth-order valence-corrected chi connectivity index (χ4v) is 3.68. The highest BCUT2D eigenvalue weighted by atomic mass is 79.9. The molecule has 0 aliphatic carbocycles. The summed E-state index contributed by atoms with van der Waals surface area (Å²) in [5.74, 6) is 1.08. The van der Waals surface area contributed by atoms with Gasteiger partial charge in [0.25, 0.3) is 0 Å². The molecule has 114 valence electrons. The molecule has 3 rings (SSSR count). The molecule has 2 unspecified atom stereocenters. The molecule has 0 saturated carbocycles. The van der Waals surface area contributed by atoms with E-state index >= 15 is 0 Å². The molecule has 1 N–H and O–H groups in total. The third-order valence-electron chi connectivity index (χ3n) is 4.15. The van der Waals surface area contributed by atoms with Crippen LogP contribution in [0.25, 0.3) is 0 Å². The SMILES string of the molecule is CCNC1COCC1C(=O)Cc1cc(Br)cc2c1OCC2. The van der Waals surface area contributed by atoms with E-state index in [-0.39, 0.29) is 17.7 Å². The zero-order chi connectivity index (χ0) is 14.8. The molecule has 2 aliphatic heterocycles. The van der Waals surface area contributed by atoms with Gasteiger partial charge in [-0.15, -0.1) is 0 Å². The summed E-state index contributed by atoms with van der Waals surface area (Å²) in [6.07, 6.45) is 1.33. The van der Waals surface area contributed by atoms with Crippen molar-refractivity contribution in [3.8, 4) is 5.75 Å². The van der Waals surface area contributed by atoms with Crippen LogP contribution in [0.5, 0.6) is 5.75 Å². The molecule has 1 aromatic rings. The first-order chi connectivity index (χ1) is 10.2. The number of ether oxygens (including phenoxy) is 2. The van der Waals surface area contributed by atoms with Gasteiger partial charge in [-0.2, -0.15) is 0 Å². The van der Waals surface area contributed by atoms with Crippen molar-refractivity contribution in [3.63, 3.8) is 0 Å². The molecular weight excluding hydrogens is 334 g/mol. The van der Waals surface area contributed by atoms with Crippen LogP contribution in [0.1, 0.15) is 18.1 Å². The van der Waals surface area contributed by atoms with E-state index in [9.17, 15) is 4.79 Å². The first-order valence-corrected chi connectivity index (χ1v) is 8.26. The van der Waals surface area contributed by atoms with Gasteiger partial charge in [0.2, 0.25) is 0 Å². The summed E-state index contributed by atoms with van der Waals surface area (Å²) in [5.41, 5.74) is 2.18. The third kappa shape index (κ3) is 3.15. The van der Waals surface area contributed by atoms with E-state index in [0.29, 0.717) is 26.2 Å². The van der Waals surface area contributed by atoms with E-state index in [1.54, 1.807) is 0 Å². The van der Waals surface area contributed by atoms with Crippen molar-refractivity contribution < 1.29 is 14.3 Å². The van der Waals surface area contributed by atoms with E-state index in [2.05, 4.69) is 34.2 Å². The van der Waals surface area contributed by atoms with Gasteiger partial charge >= 0.3 is 0 Å². The molecule has 0 radical (unpaired) electrons. The Morgan fingerprint density at radius 1 is 1.43 bits per heavy atom. The molecule has 21 heavy (non-hydrogen) atoms. The van der Waals surface area contributed by atoms with Gasteiger partial charge in [0, 0.05) is 28.9 Å². The Balaban J connectivity index is 1.76. The van der Waals surface area contributed by atoms with Crippen molar-refractivity contribution >= 4 is 21.7 Å². The highest BCUT2D eigenvalue weighted by Crippen LogP contribution is 2.34. The van der Waals surface area contributed by atoms with E-state index in [0.717, 1.165) is 28.8 Å². The van der Waals surface area contributed by atoms with Gasteiger partial charge in [-0.25, -0.2) is 0 Å². The summed E-state index contributed by atoms with van der Waals surface area (Å²) >= 11 is 3.52. The second-order valence-corrected chi connectivity index (χ2v) is 6.52. The topological polar surface area (TPSA) is 47.6 Å². The highest BCUT2D eigenvalue weighted by Gasteiger charge is 2.33. The lowest BCUT2D eigenvalue weighted by Crippen LogP contribution is -2.39. The Labute approximate surface area is 133 Å². The standard InChI is InChI=1S/C16H20BrNO3/c1-2-18-14-9-20-8-13(14)15(19)7-11-6-12(17)5-10-3-4-21-16(10)11/h5-6,13-14,18H,2-4,7-9H2,1H3. The predicted molar refractivity (Wildman–Crippen MR) is 83.8 cm³/mol. The minimum Gasteiger partial charge on any atom is -0.493 e. The second-order valence-electron chi connectivity index (χ2n) is 5.60. The predicted octanol–water partition coefficient (Wildman–Crippen LogP) is 2.12. The van der Waals surface area contributed by atoms with Crippen molar-refractivity contribution in [2.45, 2.75) is 25.8 Å². The number of benzene rings is 1. The first kappa shape index (κ1) is 15.0. The number of carbonyl (C=O) groups is 1. The van der Waals surface area contributed by atoms with Crippen LogP contribution in [0, 0.1) is 5.92 Å². The summed E-state index contributed by atoms with van der Waals surface area (Å²) in [6, 6.07) is 4.22. The van der Waals surface area contributed by atoms with Crippen molar-refractivity contribution in [1.82, 2.24) is 5.32 Å². The number of nitrogens with one attached hydrogen (secondary N) is 1. The second kappa shape index (κ2) is 6.46. The number of hydrogen-bond donors (Lipinski definition) is 1. The van der Waals surface area contributed by atoms with Crippen molar-refractivity contribution in [1.29, 1.82) is 0 Å². The summed E-state index contributed by atoms with van der Waals surface area (Å²) in [4.78, 5) is 12.6. The number of likely N-dealkylation sites (N-methyl/N-ethyl adjacent to an activating group) is 1. The van der Waals surface area contributed by atoms with Crippen molar-refractivity contribution in [3.05, 3.63) is 27.7 Å². The molecule has 0 amide bonds. The normalized spacial score (nSPS) is 23.9. The van der Waals surface area contributed by atoms with Crippen LogP contribution < -0.4 is 10.1 Å². The van der Waals surface area contributed by atoms with E-state index in [1.807, 2.05) is 6.07 Å². The fraction of sp³-hybridized carbons (Fsp3) is 0.562. The van der Waals surface area contributed by atoms with Gasteiger partial charge < -0.3 is 14.8 Å². The number of rotatable bonds is 5. The zero-order valence-electron chi connectivity index (χ0n) is 12.2. The Hall–Kier alpha value is -0.910. The number of Topliss-reactive ketones (excluding diaryl/α,β-unsaturated/α-hetero) is 1. The zero-order valence-corrected chi connectivity index (χ0v) is 13.7. The van der Waals surface area contributed by atoms with Gasteiger partial charge in [0.05, 0.1) is 25.7 Å². The average Bonchev–Trinajstić information content (AvgIpc) is 3.07. The van der Waals surface area contributed by atoms with Gasteiger partial charge in [-0.3, -0.25) is 4.79 Å². The monoisotopic (exact) mass is 353 g/mol. The molecule has 2 aliphatic rings. The van der Waals surface area contributed by atoms with E-state index in [1.165, 1.54) is 5.56 Å². The average molecular weight is 354 g/mol. The molecule has 2 heterocycles. The lowest BCUT2D eigenvalue weighted by molar-refractivity contribution is -0.122. The molecule has 0 bridgehead atoms. The van der Waals surface area contributed by atoms with Crippen LogP contribution in [0.4, 0.5) is 0 Å². The Morgan fingerprint density at radius 2 is 2.29 bits per heavy atom. The van der Waals surface area contributed by atoms with E-state index in [4.69, 9.17) is 9.47 Å². The molecule has 0 aromatic heterocycles. The van der Waals surface area contributed by atoms with Crippen LogP contribution >= 0.6 is 15.9 Å². The van der Waals surface area contributed by atoms with Gasteiger partial charge in [0.1, 0.15) is 11.5 Å². The lowest BCUT2D eigenvalue weighted by atomic mass is 9.92. The van der Waals surface area contributed by atoms with Crippen molar-refractivity contribution in [2.24, 2.45) is 5.92 Å². The van der Waals surface area contributed by atoms with Crippen LogP contribution in [0.15, 0.2) is 16.6 Å². The molecule has 1 aromatic carbocycles. The molecule has 5 heteroatoms. The summed E-state index contributed by atoms with van der Waals surface area (Å²) in [7, 11) is 0. The van der Waals surface area contributed by atoms with Gasteiger partial charge in [0.15, 0.2) is 0 Å². The van der Waals surface area contributed by atoms with Crippen LogP contribution in [-0.2, 0) is 22.4 Å². The van der Waals surface area contributed by atoms with E-state index < -0.39 is 0 Å². The van der Waals surface area contributed by atoms with Gasteiger partial charge in [-0.05, 0) is 24.2 Å². The maximum atomic E-state index is 12.6. The maximum Gasteiger partial charge on any atom is 0.144 e. The number of carbonyl (C=O) groups excluding carboxylic acids is 1. The minimum atomic E-state index is -0.0546. The quantitative estimate of drug-likeness (QED) is 0.880. The Kier molecular flexibility index (Phi) is 4.62. The van der Waals surface area contributed by atoms with Crippen LogP contribution in [0.3, 0.4) is 0 Å². The number of halogens is 1. The smallest absolute Gasteiger partial charge is 0.144 e. The van der Waals surface area contributed by atoms with Gasteiger partial charge in [-0.1, -0.05) is 22.9 Å². The third-order valence-corrected chi connectivity index (χ3v) is 4.61. The number of fused-ring (bicyclic) bond motifs is 1. The van der Waals surface area contributed by atoms with Crippen LogP contribution in [0.2, 0.25) is 0 Å². The lowest BCUT2D eigenvalue weighted by Gasteiger charge is -2.18. The molecule has 4 nitrogen and oxygen atoms in total. The Morgan fingerprint density at radius 3 is 3.10 bits per heavy atom. The minimum absolute atomic E-state index is 0.0546.